The molecule has 1 unspecified atom stereocenters. The summed E-state index contributed by atoms with van der Waals surface area (Å²) in [6.45, 7) is 4.10. The topological polar surface area (TPSA) is 66.4 Å². The molecule has 1 aromatic carbocycles. The summed E-state index contributed by atoms with van der Waals surface area (Å²) in [7, 11) is 0. The van der Waals surface area contributed by atoms with Gasteiger partial charge in [-0.1, -0.05) is 38.1 Å². The van der Waals surface area contributed by atoms with E-state index in [0.29, 0.717) is 12.3 Å². The minimum absolute atomic E-state index is 0.0668. The first-order valence-electron chi connectivity index (χ1n) is 7.26. The van der Waals surface area contributed by atoms with E-state index in [4.69, 9.17) is 5.11 Å². The van der Waals surface area contributed by atoms with E-state index in [9.17, 15) is 22.8 Å². The number of carbonyl (C=O) groups is 2. The van der Waals surface area contributed by atoms with Crippen molar-refractivity contribution in [2.75, 3.05) is 0 Å². The third-order valence-electron chi connectivity index (χ3n) is 3.36. The molecule has 0 bridgehead atoms. The smallest absolute Gasteiger partial charge is 0.391 e. The number of alkyl halides is 3. The maximum Gasteiger partial charge on any atom is 0.391 e. The molecule has 0 aromatic heterocycles. The lowest BCUT2D eigenvalue weighted by atomic mass is 10.0. The average Bonchev–Trinajstić information content (AvgIpc) is 2.43. The van der Waals surface area contributed by atoms with Crippen LogP contribution in [0.15, 0.2) is 24.3 Å². The van der Waals surface area contributed by atoms with Gasteiger partial charge < -0.3 is 10.4 Å². The highest BCUT2D eigenvalue weighted by Crippen LogP contribution is 2.21. The van der Waals surface area contributed by atoms with Crippen LogP contribution < -0.4 is 5.32 Å². The second-order valence-electron chi connectivity index (χ2n) is 5.67. The molecule has 1 atom stereocenters. The normalized spacial score (nSPS) is 13.0. The van der Waals surface area contributed by atoms with Crippen molar-refractivity contribution >= 4 is 11.9 Å². The fourth-order valence-electron chi connectivity index (χ4n) is 2.03. The van der Waals surface area contributed by atoms with Gasteiger partial charge in [-0.25, -0.2) is 4.79 Å². The Labute approximate surface area is 132 Å². The van der Waals surface area contributed by atoms with Crippen LogP contribution in [0.3, 0.4) is 0 Å². The predicted octanol–water partition coefficient (Wildman–Crippen LogP) is 3.26. The minimum atomic E-state index is -4.65. The molecule has 0 heterocycles. The standard InChI is InChI=1S/C16H20F3NO3/c1-10(2)12-6-3-11(4-7-12)5-8-14(21)20-13(15(22)23)9-16(17,18)19/h3-4,6-7,10,13H,5,8-9H2,1-2H3,(H,20,21)(H,22,23). The lowest BCUT2D eigenvalue weighted by molar-refractivity contribution is -0.160. The van der Waals surface area contributed by atoms with Gasteiger partial charge in [-0.2, -0.15) is 13.2 Å². The molecule has 2 N–H and O–H groups in total. The molecule has 7 heteroatoms. The number of amides is 1. The summed E-state index contributed by atoms with van der Waals surface area (Å²) in [4.78, 5) is 22.4. The van der Waals surface area contributed by atoms with Crippen LogP contribution in [0.1, 0.15) is 43.7 Å². The maximum absolute atomic E-state index is 12.3. The molecule has 0 aliphatic heterocycles. The molecule has 4 nitrogen and oxygen atoms in total. The van der Waals surface area contributed by atoms with Crippen molar-refractivity contribution in [3.63, 3.8) is 0 Å². The minimum Gasteiger partial charge on any atom is -0.480 e. The van der Waals surface area contributed by atoms with Crippen LogP contribution in [-0.4, -0.2) is 29.2 Å². The molecule has 0 aliphatic rings. The Kier molecular flexibility index (Phi) is 6.60. The Bertz CT molecular complexity index is 538. The lowest BCUT2D eigenvalue weighted by Gasteiger charge is -2.16. The highest BCUT2D eigenvalue weighted by molar-refractivity contribution is 5.83. The van der Waals surface area contributed by atoms with Gasteiger partial charge in [0.1, 0.15) is 6.04 Å². The number of carboxylic acid groups (broad SMARTS) is 1. The van der Waals surface area contributed by atoms with Crippen molar-refractivity contribution in [1.29, 1.82) is 0 Å². The van der Waals surface area contributed by atoms with Gasteiger partial charge in [-0.15, -0.1) is 0 Å². The molecule has 0 spiro atoms. The van der Waals surface area contributed by atoms with E-state index < -0.39 is 30.5 Å². The third-order valence-corrected chi connectivity index (χ3v) is 3.36. The molecule has 0 radical (unpaired) electrons. The van der Waals surface area contributed by atoms with Gasteiger partial charge >= 0.3 is 12.1 Å². The number of benzene rings is 1. The van der Waals surface area contributed by atoms with E-state index in [2.05, 4.69) is 13.8 Å². The van der Waals surface area contributed by atoms with Crippen LogP contribution >= 0.6 is 0 Å². The summed E-state index contributed by atoms with van der Waals surface area (Å²) in [5.41, 5.74) is 2.02. The molecule has 23 heavy (non-hydrogen) atoms. The van der Waals surface area contributed by atoms with E-state index in [1.807, 2.05) is 29.6 Å². The van der Waals surface area contributed by atoms with Crippen LogP contribution in [0.4, 0.5) is 13.2 Å². The number of halogens is 3. The summed E-state index contributed by atoms with van der Waals surface area (Å²) in [6.07, 6.45) is -5.97. The number of hydrogen-bond acceptors (Lipinski definition) is 2. The second-order valence-corrected chi connectivity index (χ2v) is 5.67. The highest BCUT2D eigenvalue weighted by atomic mass is 19.4. The molecule has 1 rings (SSSR count). The summed E-state index contributed by atoms with van der Waals surface area (Å²) in [5, 5.41) is 10.7. The fourth-order valence-corrected chi connectivity index (χ4v) is 2.03. The molecule has 0 aliphatic carbocycles. The van der Waals surface area contributed by atoms with Crippen molar-refractivity contribution in [3.05, 3.63) is 35.4 Å². The van der Waals surface area contributed by atoms with Gasteiger partial charge in [0.05, 0.1) is 6.42 Å². The monoisotopic (exact) mass is 331 g/mol. The predicted molar refractivity (Wildman–Crippen MR) is 79.1 cm³/mol. The van der Waals surface area contributed by atoms with Gasteiger partial charge in [-0.05, 0) is 23.5 Å². The van der Waals surface area contributed by atoms with Crippen molar-refractivity contribution in [2.24, 2.45) is 0 Å². The van der Waals surface area contributed by atoms with E-state index >= 15 is 0 Å². The number of aliphatic carboxylic acids is 1. The number of hydrogen-bond donors (Lipinski definition) is 2. The summed E-state index contributed by atoms with van der Waals surface area (Å²) in [5.74, 6) is -2.03. The zero-order valence-corrected chi connectivity index (χ0v) is 13.0. The number of nitrogens with one attached hydrogen (secondary N) is 1. The largest absolute Gasteiger partial charge is 0.480 e. The Morgan fingerprint density at radius 3 is 2.17 bits per heavy atom. The number of carboxylic acids is 1. The average molecular weight is 331 g/mol. The first kappa shape index (κ1) is 19.0. The van der Waals surface area contributed by atoms with E-state index in [1.54, 1.807) is 0 Å². The second kappa shape index (κ2) is 7.99. The van der Waals surface area contributed by atoms with Crippen LogP contribution in [0.25, 0.3) is 0 Å². The number of rotatable bonds is 7. The van der Waals surface area contributed by atoms with Crippen molar-refractivity contribution in [1.82, 2.24) is 5.32 Å². The summed E-state index contributed by atoms with van der Waals surface area (Å²) in [6, 6.07) is 5.62. The quantitative estimate of drug-likeness (QED) is 0.806. The van der Waals surface area contributed by atoms with Crippen LogP contribution in [0.2, 0.25) is 0 Å². The van der Waals surface area contributed by atoms with Crippen LogP contribution in [0.5, 0.6) is 0 Å². The fraction of sp³-hybridized carbons (Fsp3) is 0.500. The Morgan fingerprint density at radius 1 is 1.17 bits per heavy atom. The zero-order valence-electron chi connectivity index (χ0n) is 13.0. The molecular weight excluding hydrogens is 311 g/mol. The third kappa shape index (κ3) is 7.17. The van der Waals surface area contributed by atoms with Gasteiger partial charge in [0.2, 0.25) is 5.91 Å². The first-order valence-corrected chi connectivity index (χ1v) is 7.26. The van der Waals surface area contributed by atoms with E-state index in [0.717, 1.165) is 11.1 Å². The van der Waals surface area contributed by atoms with Gasteiger partial charge in [0, 0.05) is 6.42 Å². The summed E-state index contributed by atoms with van der Waals surface area (Å²) < 4.78 is 36.8. The van der Waals surface area contributed by atoms with Crippen molar-refractivity contribution in [3.8, 4) is 0 Å². The maximum atomic E-state index is 12.3. The zero-order chi connectivity index (χ0) is 17.6. The molecule has 0 saturated carbocycles. The Hall–Kier alpha value is -2.05. The van der Waals surface area contributed by atoms with E-state index in [1.165, 1.54) is 0 Å². The molecular formula is C16H20F3NO3. The molecule has 0 fully saturated rings. The number of carbonyl (C=O) groups excluding carboxylic acids is 1. The Balaban J connectivity index is 2.53. The van der Waals surface area contributed by atoms with Gasteiger partial charge in [0.15, 0.2) is 0 Å². The van der Waals surface area contributed by atoms with Crippen molar-refractivity contribution in [2.45, 2.75) is 51.2 Å². The van der Waals surface area contributed by atoms with Crippen LogP contribution in [0, 0.1) is 0 Å². The van der Waals surface area contributed by atoms with Crippen molar-refractivity contribution < 1.29 is 27.9 Å². The molecule has 1 aromatic rings. The molecule has 0 saturated heterocycles. The number of aryl methyl sites for hydroxylation is 1. The van der Waals surface area contributed by atoms with Crippen LogP contribution in [-0.2, 0) is 16.0 Å². The van der Waals surface area contributed by atoms with E-state index in [-0.39, 0.29) is 6.42 Å². The molecule has 128 valence electrons. The summed E-state index contributed by atoms with van der Waals surface area (Å²) >= 11 is 0. The molecule has 1 amide bonds. The first-order chi connectivity index (χ1) is 10.6. The van der Waals surface area contributed by atoms with Gasteiger partial charge in [-0.3, -0.25) is 4.79 Å². The highest BCUT2D eigenvalue weighted by Gasteiger charge is 2.36. The Morgan fingerprint density at radius 2 is 1.74 bits per heavy atom. The van der Waals surface area contributed by atoms with Gasteiger partial charge in [0.25, 0.3) is 0 Å². The SMILES string of the molecule is CC(C)c1ccc(CCC(=O)NC(CC(F)(F)F)C(=O)O)cc1. The lowest BCUT2D eigenvalue weighted by Crippen LogP contribution is -2.43.